The van der Waals surface area contributed by atoms with E-state index >= 15 is 0 Å². The highest BCUT2D eigenvalue weighted by atomic mass is 35.5. The zero-order chi connectivity index (χ0) is 22.3. The number of carbonyl (C=O) groups is 2. The molecule has 30 heavy (non-hydrogen) atoms. The zero-order valence-electron chi connectivity index (χ0n) is 18.6. The third-order valence-corrected chi connectivity index (χ3v) is 5.38. The predicted octanol–water partition coefficient (Wildman–Crippen LogP) is 5.00. The van der Waals surface area contributed by atoms with Crippen LogP contribution in [0.3, 0.4) is 0 Å². The van der Waals surface area contributed by atoms with Gasteiger partial charge in [0.2, 0.25) is 5.91 Å². The molecule has 1 aromatic heterocycles. The summed E-state index contributed by atoms with van der Waals surface area (Å²) in [5, 5.41) is 3.48. The van der Waals surface area contributed by atoms with Gasteiger partial charge in [0.1, 0.15) is 6.54 Å². The van der Waals surface area contributed by atoms with E-state index < -0.39 is 0 Å². The Hall–Kier alpha value is -2.47. The van der Waals surface area contributed by atoms with Crippen LogP contribution in [0.2, 0.25) is 5.02 Å². The molecule has 1 atom stereocenters. The number of rotatable bonds is 9. The van der Waals surface area contributed by atoms with Crippen LogP contribution in [-0.2, 0) is 18.4 Å². The minimum atomic E-state index is -0.289. The van der Waals surface area contributed by atoms with E-state index in [1.54, 1.807) is 29.2 Å². The van der Waals surface area contributed by atoms with Crippen LogP contribution in [-0.4, -0.2) is 45.4 Å². The van der Waals surface area contributed by atoms with Crippen molar-refractivity contribution in [2.24, 2.45) is 13.0 Å². The van der Waals surface area contributed by atoms with Crippen molar-refractivity contribution in [1.82, 2.24) is 14.4 Å². The average molecular weight is 433 g/mol. The maximum atomic E-state index is 13.2. The van der Waals surface area contributed by atoms with Crippen LogP contribution in [0, 0.1) is 5.92 Å². The van der Waals surface area contributed by atoms with Crippen LogP contribution < -0.4 is 5.32 Å². The molecule has 1 aromatic carbocycles. The van der Waals surface area contributed by atoms with Gasteiger partial charge in [-0.2, -0.15) is 0 Å². The van der Waals surface area contributed by atoms with E-state index in [9.17, 15) is 9.59 Å². The number of amides is 3. The summed E-state index contributed by atoms with van der Waals surface area (Å²) in [4.78, 5) is 29.6. The van der Waals surface area contributed by atoms with E-state index in [0.29, 0.717) is 29.7 Å². The van der Waals surface area contributed by atoms with Gasteiger partial charge >= 0.3 is 6.03 Å². The second-order valence-electron chi connectivity index (χ2n) is 8.10. The van der Waals surface area contributed by atoms with Crippen LogP contribution in [0.15, 0.2) is 42.6 Å². The highest BCUT2D eigenvalue weighted by Gasteiger charge is 2.25. The van der Waals surface area contributed by atoms with Crippen molar-refractivity contribution in [1.29, 1.82) is 0 Å². The quantitative estimate of drug-likeness (QED) is 0.606. The second-order valence-corrected chi connectivity index (χ2v) is 8.54. The zero-order valence-corrected chi connectivity index (χ0v) is 19.3. The highest BCUT2D eigenvalue weighted by molar-refractivity contribution is 6.30. The third-order valence-electron chi connectivity index (χ3n) is 5.13. The first kappa shape index (κ1) is 23.8. The van der Waals surface area contributed by atoms with E-state index in [0.717, 1.165) is 12.1 Å². The van der Waals surface area contributed by atoms with Gasteiger partial charge < -0.3 is 19.7 Å². The molecular formula is C23H33ClN4O2. The molecule has 0 aliphatic carbocycles. The number of aromatic nitrogens is 1. The number of hydrogen-bond acceptors (Lipinski definition) is 2. The average Bonchev–Trinajstić information content (AvgIpc) is 3.10. The fourth-order valence-electron chi connectivity index (χ4n) is 3.17. The summed E-state index contributed by atoms with van der Waals surface area (Å²) in [6.07, 6.45) is 2.72. The molecule has 0 saturated carbocycles. The Morgan fingerprint density at radius 2 is 1.80 bits per heavy atom. The lowest BCUT2D eigenvalue weighted by atomic mass is 10.2. The van der Waals surface area contributed by atoms with Crippen molar-refractivity contribution in [3.63, 3.8) is 0 Å². The van der Waals surface area contributed by atoms with Crippen molar-refractivity contribution in [3.05, 3.63) is 53.3 Å². The monoisotopic (exact) mass is 432 g/mol. The molecule has 1 heterocycles. The summed E-state index contributed by atoms with van der Waals surface area (Å²) in [6.45, 7) is 9.33. The van der Waals surface area contributed by atoms with E-state index in [2.05, 4.69) is 19.2 Å². The summed E-state index contributed by atoms with van der Waals surface area (Å²) in [7, 11) is 1.97. The maximum Gasteiger partial charge on any atom is 0.322 e. The molecule has 0 fully saturated rings. The first-order chi connectivity index (χ1) is 14.2. The van der Waals surface area contributed by atoms with Gasteiger partial charge in [0.25, 0.3) is 0 Å². The number of carbonyl (C=O) groups excluding carboxylic acids is 2. The Bertz CT molecular complexity index is 832. The molecule has 2 rings (SSSR count). The third kappa shape index (κ3) is 6.80. The molecule has 7 heteroatoms. The molecule has 1 N–H and O–H groups in total. The van der Waals surface area contributed by atoms with E-state index in [1.165, 1.54) is 0 Å². The van der Waals surface area contributed by atoms with E-state index in [4.69, 9.17) is 11.6 Å². The van der Waals surface area contributed by atoms with Gasteiger partial charge in [-0.3, -0.25) is 4.79 Å². The van der Waals surface area contributed by atoms with Crippen molar-refractivity contribution in [2.45, 2.75) is 46.7 Å². The second kappa shape index (κ2) is 11.1. The maximum absolute atomic E-state index is 13.2. The number of anilines is 1. The molecule has 0 radical (unpaired) electrons. The largest absolute Gasteiger partial charge is 0.353 e. The predicted molar refractivity (Wildman–Crippen MR) is 123 cm³/mol. The molecule has 0 aliphatic heterocycles. The van der Waals surface area contributed by atoms with Gasteiger partial charge in [-0.25, -0.2) is 4.79 Å². The first-order valence-electron chi connectivity index (χ1n) is 10.4. The highest BCUT2D eigenvalue weighted by Crippen LogP contribution is 2.16. The van der Waals surface area contributed by atoms with E-state index in [-0.39, 0.29) is 24.5 Å². The summed E-state index contributed by atoms with van der Waals surface area (Å²) in [5.41, 5.74) is 1.71. The topological polar surface area (TPSA) is 57.6 Å². The van der Waals surface area contributed by atoms with Gasteiger partial charge in [0.15, 0.2) is 0 Å². The molecule has 3 amide bonds. The fourth-order valence-corrected chi connectivity index (χ4v) is 3.30. The van der Waals surface area contributed by atoms with Gasteiger partial charge in [0, 0.05) is 42.2 Å². The van der Waals surface area contributed by atoms with Gasteiger partial charge in [-0.15, -0.1) is 0 Å². The van der Waals surface area contributed by atoms with Crippen LogP contribution in [0.25, 0.3) is 0 Å². The molecule has 2 aromatic rings. The Labute approximate surface area is 184 Å². The Morgan fingerprint density at radius 3 is 2.33 bits per heavy atom. The van der Waals surface area contributed by atoms with Gasteiger partial charge in [0.05, 0.1) is 6.54 Å². The minimum Gasteiger partial charge on any atom is -0.353 e. The van der Waals surface area contributed by atoms with Gasteiger partial charge in [-0.1, -0.05) is 32.4 Å². The molecule has 0 bridgehead atoms. The molecule has 6 nitrogen and oxygen atoms in total. The molecule has 0 unspecified atom stereocenters. The SMILES string of the molecule is CC[C@H](C)N(CC(=O)N(Cc1cccn1C)CC(C)C)C(=O)Nc1ccc(Cl)cc1. The first-order valence-corrected chi connectivity index (χ1v) is 10.8. The summed E-state index contributed by atoms with van der Waals surface area (Å²) >= 11 is 5.92. The van der Waals surface area contributed by atoms with Crippen LogP contribution >= 0.6 is 11.6 Å². The lowest BCUT2D eigenvalue weighted by Gasteiger charge is -2.32. The number of aryl methyl sites for hydroxylation is 1. The molecule has 0 spiro atoms. The standard InChI is InChI=1S/C23H33ClN4O2/c1-6-18(4)28(23(30)25-20-11-9-19(24)10-12-20)16-22(29)27(14-17(2)3)15-21-8-7-13-26(21)5/h7-13,17-18H,6,14-16H2,1-5H3,(H,25,30)/t18-/m0/s1. The van der Waals surface area contributed by atoms with Gasteiger partial charge in [-0.05, 0) is 55.7 Å². The normalized spacial score (nSPS) is 12.0. The van der Waals surface area contributed by atoms with Crippen LogP contribution in [0.5, 0.6) is 0 Å². The van der Waals surface area contributed by atoms with Crippen molar-refractivity contribution in [3.8, 4) is 0 Å². The number of hydrogen-bond donors (Lipinski definition) is 1. The minimum absolute atomic E-state index is 0.0333. The van der Waals surface area contributed by atoms with E-state index in [1.807, 2.05) is 48.7 Å². The molecular weight excluding hydrogens is 400 g/mol. The number of nitrogens with zero attached hydrogens (tertiary/aromatic N) is 3. The Morgan fingerprint density at radius 1 is 1.13 bits per heavy atom. The van der Waals surface area contributed by atoms with Crippen molar-refractivity contribution in [2.75, 3.05) is 18.4 Å². The summed E-state index contributed by atoms with van der Waals surface area (Å²) < 4.78 is 2.01. The number of nitrogens with one attached hydrogen (secondary N) is 1. The number of benzene rings is 1. The van der Waals surface area contributed by atoms with Crippen molar-refractivity contribution >= 4 is 29.2 Å². The number of halogens is 1. The smallest absolute Gasteiger partial charge is 0.322 e. The molecule has 0 saturated heterocycles. The van der Waals surface area contributed by atoms with Crippen LogP contribution in [0.1, 0.15) is 39.8 Å². The van der Waals surface area contributed by atoms with Crippen LogP contribution in [0.4, 0.5) is 10.5 Å². The lowest BCUT2D eigenvalue weighted by molar-refractivity contribution is -0.133. The van der Waals surface area contributed by atoms with Crippen molar-refractivity contribution < 1.29 is 9.59 Å². The fraction of sp³-hybridized carbons (Fsp3) is 0.478. The molecule has 0 aliphatic rings. The number of urea groups is 1. The summed E-state index contributed by atoms with van der Waals surface area (Å²) in [6, 6.07) is 10.6. The molecule has 164 valence electrons. The lowest BCUT2D eigenvalue weighted by Crippen LogP contribution is -2.48. The Kier molecular flexibility index (Phi) is 8.78. The Balaban J connectivity index is 2.15. The summed E-state index contributed by atoms with van der Waals surface area (Å²) in [5.74, 6) is 0.269.